The molecule has 1 aromatic carbocycles. The molecule has 2 N–H and O–H groups in total. The number of benzene rings is 1. The summed E-state index contributed by atoms with van der Waals surface area (Å²) in [5, 5.41) is 6.73. The molecule has 8 heteroatoms. The number of aryl methyl sites for hydroxylation is 1. The monoisotopic (exact) mass is 419 g/mol. The summed E-state index contributed by atoms with van der Waals surface area (Å²) in [6, 6.07) is 3.39. The van der Waals surface area contributed by atoms with Gasteiger partial charge in [0.05, 0.1) is 35.7 Å². The van der Waals surface area contributed by atoms with Gasteiger partial charge in [-0.3, -0.25) is 24.6 Å². The van der Waals surface area contributed by atoms with Gasteiger partial charge in [0.25, 0.3) is 0 Å². The zero-order valence-electron chi connectivity index (χ0n) is 17.0. The molecule has 1 spiro atoms. The number of anilines is 1. The number of ether oxygens (including phenoxy) is 1. The standard InChI is InChI=1S/C21H26ClN3O4/c1-10(2)7-14-15-16(19(27)25(18(15)26)5-6-29-4)21(24-14)12-8-11(3)9-13(22)17(12)23-20(21)28/h8-10,14-16,24H,5-7H2,1-4H3,(H,23,28). The van der Waals surface area contributed by atoms with Crippen molar-refractivity contribution in [3.05, 3.63) is 28.3 Å². The number of nitrogens with zero attached hydrogens (tertiary/aromatic N) is 1. The summed E-state index contributed by atoms with van der Waals surface area (Å²) in [4.78, 5) is 41.2. The molecule has 0 bridgehead atoms. The van der Waals surface area contributed by atoms with Gasteiger partial charge in [-0.2, -0.15) is 0 Å². The zero-order valence-corrected chi connectivity index (χ0v) is 17.8. The molecule has 3 heterocycles. The third-order valence-electron chi connectivity index (χ3n) is 6.26. The lowest BCUT2D eigenvalue weighted by atomic mass is 9.76. The summed E-state index contributed by atoms with van der Waals surface area (Å²) < 4.78 is 5.08. The van der Waals surface area contributed by atoms with Crippen molar-refractivity contribution in [1.29, 1.82) is 0 Å². The molecule has 0 aromatic heterocycles. The van der Waals surface area contributed by atoms with Gasteiger partial charge in [0.15, 0.2) is 0 Å². The Hall–Kier alpha value is -1.96. The summed E-state index contributed by atoms with van der Waals surface area (Å²) in [5.74, 6) is -1.96. The van der Waals surface area contributed by atoms with Crippen LogP contribution in [0.15, 0.2) is 12.1 Å². The van der Waals surface area contributed by atoms with Crippen LogP contribution in [0.5, 0.6) is 0 Å². The first-order valence-electron chi connectivity index (χ1n) is 9.96. The van der Waals surface area contributed by atoms with Gasteiger partial charge in [-0.05, 0) is 30.9 Å². The predicted molar refractivity (Wildman–Crippen MR) is 108 cm³/mol. The summed E-state index contributed by atoms with van der Waals surface area (Å²) in [7, 11) is 1.53. The Bertz CT molecular complexity index is 902. The Labute approximate surface area is 175 Å². The highest BCUT2D eigenvalue weighted by Crippen LogP contribution is 2.55. The minimum atomic E-state index is -1.29. The number of hydrogen-bond donors (Lipinski definition) is 2. The van der Waals surface area contributed by atoms with E-state index in [1.165, 1.54) is 12.0 Å². The minimum absolute atomic E-state index is 0.189. The highest BCUT2D eigenvalue weighted by atomic mass is 35.5. The van der Waals surface area contributed by atoms with Crippen molar-refractivity contribution < 1.29 is 19.1 Å². The van der Waals surface area contributed by atoms with Crippen molar-refractivity contribution in [1.82, 2.24) is 10.2 Å². The van der Waals surface area contributed by atoms with Crippen LogP contribution in [0.2, 0.25) is 5.02 Å². The maximum absolute atomic E-state index is 13.4. The molecule has 3 aliphatic heterocycles. The minimum Gasteiger partial charge on any atom is -0.383 e. The average molecular weight is 420 g/mol. The van der Waals surface area contributed by atoms with Crippen LogP contribution in [-0.2, 0) is 24.7 Å². The smallest absolute Gasteiger partial charge is 0.250 e. The molecule has 4 atom stereocenters. The molecule has 4 unspecified atom stereocenters. The number of likely N-dealkylation sites (tertiary alicyclic amines) is 1. The van der Waals surface area contributed by atoms with E-state index >= 15 is 0 Å². The number of carbonyl (C=O) groups excluding carboxylic acids is 3. The van der Waals surface area contributed by atoms with Gasteiger partial charge in [0.2, 0.25) is 17.7 Å². The van der Waals surface area contributed by atoms with Crippen molar-refractivity contribution in [3.63, 3.8) is 0 Å². The van der Waals surface area contributed by atoms with E-state index in [1.807, 2.05) is 13.0 Å². The van der Waals surface area contributed by atoms with Crippen LogP contribution in [0.1, 0.15) is 31.4 Å². The molecule has 4 rings (SSSR count). The summed E-state index contributed by atoms with van der Waals surface area (Å²) in [6.45, 7) is 6.48. The first-order valence-corrected chi connectivity index (χ1v) is 10.3. The SMILES string of the molecule is COCCN1C(=O)C2C(CC(C)C)NC3(C(=O)Nc4c(Cl)cc(C)cc43)C2C1=O. The lowest BCUT2D eigenvalue weighted by molar-refractivity contribution is -0.143. The fraction of sp³-hybridized carbons (Fsp3) is 0.571. The second kappa shape index (κ2) is 7.07. The van der Waals surface area contributed by atoms with Crippen LogP contribution < -0.4 is 10.6 Å². The zero-order chi connectivity index (χ0) is 21.1. The van der Waals surface area contributed by atoms with Crippen molar-refractivity contribution in [2.75, 3.05) is 25.6 Å². The summed E-state index contributed by atoms with van der Waals surface area (Å²) >= 11 is 6.41. The van der Waals surface area contributed by atoms with Gasteiger partial charge in [0, 0.05) is 18.7 Å². The largest absolute Gasteiger partial charge is 0.383 e. The molecule has 0 saturated carbocycles. The van der Waals surface area contributed by atoms with Crippen molar-refractivity contribution >= 4 is 35.0 Å². The highest BCUT2D eigenvalue weighted by Gasteiger charge is 2.70. The Kier molecular flexibility index (Phi) is 4.96. The fourth-order valence-corrected chi connectivity index (χ4v) is 5.49. The molecule has 3 aliphatic rings. The molecule has 7 nitrogen and oxygen atoms in total. The van der Waals surface area contributed by atoms with Crippen LogP contribution in [0, 0.1) is 24.7 Å². The Morgan fingerprint density at radius 2 is 1.97 bits per heavy atom. The number of halogens is 1. The maximum atomic E-state index is 13.4. The van der Waals surface area contributed by atoms with Crippen molar-refractivity contribution in [2.24, 2.45) is 17.8 Å². The first kappa shape index (κ1) is 20.3. The maximum Gasteiger partial charge on any atom is 0.250 e. The number of nitrogens with one attached hydrogen (secondary N) is 2. The highest BCUT2D eigenvalue weighted by molar-refractivity contribution is 6.35. The number of hydrogen-bond acceptors (Lipinski definition) is 5. The van der Waals surface area contributed by atoms with E-state index in [9.17, 15) is 14.4 Å². The molecule has 2 saturated heterocycles. The average Bonchev–Trinajstić information content (AvgIpc) is 3.20. The lowest BCUT2D eigenvalue weighted by Crippen LogP contribution is -2.53. The number of rotatable bonds is 5. The first-order chi connectivity index (χ1) is 13.7. The third kappa shape index (κ3) is 2.82. The second-order valence-corrected chi connectivity index (χ2v) is 9.04. The van der Waals surface area contributed by atoms with E-state index in [4.69, 9.17) is 16.3 Å². The number of carbonyl (C=O) groups is 3. The molecular weight excluding hydrogens is 394 g/mol. The Balaban J connectivity index is 1.86. The van der Waals surface area contributed by atoms with E-state index in [1.54, 1.807) is 6.07 Å². The van der Waals surface area contributed by atoms with Crippen molar-refractivity contribution in [2.45, 2.75) is 38.8 Å². The summed E-state index contributed by atoms with van der Waals surface area (Å²) in [5.41, 5.74) is 0.783. The lowest BCUT2D eigenvalue weighted by Gasteiger charge is -2.30. The van der Waals surface area contributed by atoms with Gasteiger partial charge in [-0.15, -0.1) is 0 Å². The number of methoxy groups -OCH3 is 1. The molecule has 156 valence electrons. The van der Waals surface area contributed by atoms with Gasteiger partial charge < -0.3 is 10.1 Å². The molecule has 2 fully saturated rings. The number of imide groups is 1. The number of amides is 3. The molecular formula is C21H26ClN3O4. The normalized spacial score (nSPS) is 30.5. The van der Waals surface area contributed by atoms with Crippen LogP contribution in [-0.4, -0.2) is 48.9 Å². The summed E-state index contributed by atoms with van der Waals surface area (Å²) in [6.07, 6.45) is 0.683. The van der Waals surface area contributed by atoms with E-state index < -0.39 is 17.4 Å². The topological polar surface area (TPSA) is 87.7 Å². The fourth-order valence-electron chi connectivity index (χ4n) is 5.17. The van der Waals surface area contributed by atoms with E-state index in [-0.39, 0.29) is 36.9 Å². The quantitative estimate of drug-likeness (QED) is 0.713. The van der Waals surface area contributed by atoms with Gasteiger partial charge >= 0.3 is 0 Å². The van der Waals surface area contributed by atoms with Gasteiger partial charge in [-0.1, -0.05) is 31.5 Å². The van der Waals surface area contributed by atoms with E-state index in [0.29, 0.717) is 28.6 Å². The molecule has 3 amide bonds. The molecule has 29 heavy (non-hydrogen) atoms. The molecule has 0 radical (unpaired) electrons. The van der Waals surface area contributed by atoms with Crippen LogP contribution in [0.25, 0.3) is 0 Å². The number of fused-ring (bicyclic) bond motifs is 4. The van der Waals surface area contributed by atoms with Crippen molar-refractivity contribution in [3.8, 4) is 0 Å². The molecule has 1 aromatic rings. The molecule has 0 aliphatic carbocycles. The van der Waals surface area contributed by atoms with Gasteiger partial charge in [-0.25, -0.2) is 0 Å². The van der Waals surface area contributed by atoms with Crippen LogP contribution >= 0.6 is 11.6 Å². The predicted octanol–water partition coefficient (Wildman–Crippen LogP) is 2.06. The van der Waals surface area contributed by atoms with Crippen LogP contribution in [0.3, 0.4) is 0 Å². The third-order valence-corrected chi connectivity index (χ3v) is 6.55. The van der Waals surface area contributed by atoms with E-state index in [0.717, 1.165) is 5.56 Å². The van der Waals surface area contributed by atoms with E-state index in [2.05, 4.69) is 24.5 Å². The van der Waals surface area contributed by atoms with Gasteiger partial charge in [0.1, 0.15) is 5.54 Å². The Morgan fingerprint density at radius 1 is 1.24 bits per heavy atom. The van der Waals surface area contributed by atoms with Crippen LogP contribution in [0.4, 0.5) is 5.69 Å². The second-order valence-electron chi connectivity index (χ2n) is 8.64. The Morgan fingerprint density at radius 3 is 2.62 bits per heavy atom.